The van der Waals surface area contributed by atoms with Crippen LogP contribution in [0.2, 0.25) is 0 Å². The highest BCUT2D eigenvalue weighted by atomic mass is 16.7. The van der Waals surface area contributed by atoms with Crippen molar-refractivity contribution in [1.82, 2.24) is 0 Å². The van der Waals surface area contributed by atoms with Crippen molar-refractivity contribution in [2.75, 3.05) is 0 Å². The van der Waals surface area contributed by atoms with Gasteiger partial charge in [0.15, 0.2) is 5.78 Å². The number of Topliss-reactive ketones (excluding diaryl/α,β-unsaturated/α-hetero) is 1. The second-order valence-electron chi connectivity index (χ2n) is 9.84. The van der Waals surface area contributed by atoms with Crippen LogP contribution in [0.15, 0.2) is 16.8 Å². The molecule has 0 spiro atoms. The minimum atomic E-state index is -0.495. The predicted octanol–water partition coefficient (Wildman–Crippen LogP) is 3.98. The first-order chi connectivity index (χ1) is 13.6. The van der Waals surface area contributed by atoms with Crippen LogP contribution in [0.4, 0.5) is 0 Å². The van der Waals surface area contributed by atoms with E-state index in [2.05, 4.69) is 25.1 Å². The molecule has 6 heteroatoms. The summed E-state index contributed by atoms with van der Waals surface area (Å²) in [5.74, 6) is 0.557. The molecule has 0 amide bonds. The van der Waals surface area contributed by atoms with Crippen LogP contribution in [-0.2, 0) is 24.0 Å². The number of allylic oxidation sites excluding steroid dienone is 1. The van der Waals surface area contributed by atoms with E-state index in [4.69, 9.17) is 9.57 Å². The zero-order chi connectivity index (χ0) is 21.0. The molecule has 0 aliphatic heterocycles. The monoisotopic (exact) mass is 401 g/mol. The standard InChI is InChI=1S/C23H31NO5/c1-13(25)28-16-7-9-22(3)15(11-16)5-6-17-18(22)8-10-23(4)19(17)12-20(21(23)27)24-29-14(2)26/h5,16-19H,6-12H2,1-4H3/t16?,17-,18+,19+,22+,23+/m1/s1. The Morgan fingerprint density at radius 3 is 2.45 bits per heavy atom. The van der Waals surface area contributed by atoms with E-state index in [9.17, 15) is 14.4 Å². The molecule has 4 rings (SSSR count). The summed E-state index contributed by atoms with van der Waals surface area (Å²) in [6.07, 6.45) is 8.53. The number of hydrogen-bond acceptors (Lipinski definition) is 6. The second kappa shape index (κ2) is 7.06. The van der Waals surface area contributed by atoms with Gasteiger partial charge >= 0.3 is 11.9 Å². The maximum atomic E-state index is 13.1. The van der Waals surface area contributed by atoms with Crippen molar-refractivity contribution in [3.05, 3.63) is 11.6 Å². The molecular weight excluding hydrogens is 370 g/mol. The van der Waals surface area contributed by atoms with Gasteiger partial charge in [-0.2, -0.15) is 0 Å². The van der Waals surface area contributed by atoms with Gasteiger partial charge in [0.1, 0.15) is 11.8 Å². The minimum Gasteiger partial charge on any atom is -0.462 e. The zero-order valence-electron chi connectivity index (χ0n) is 17.8. The molecule has 6 atom stereocenters. The summed E-state index contributed by atoms with van der Waals surface area (Å²) in [6, 6.07) is 0. The van der Waals surface area contributed by atoms with Gasteiger partial charge in [-0.05, 0) is 55.3 Å². The summed E-state index contributed by atoms with van der Waals surface area (Å²) in [5.41, 5.74) is 1.56. The number of hydrogen-bond donors (Lipinski definition) is 0. The van der Waals surface area contributed by atoms with Gasteiger partial charge in [0.25, 0.3) is 0 Å². The van der Waals surface area contributed by atoms with Gasteiger partial charge < -0.3 is 9.57 Å². The lowest BCUT2D eigenvalue weighted by Gasteiger charge is -2.56. The molecule has 1 unspecified atom stereocenters. The van der Waals surface area contributed by atoms with Crippen molar-refractivity contribution < 1.29 is 24.0 Å². The summed E-state index contributed by atoms with van der Waals surface area (Å²) in [4.78, 5) is 40.4. The van der Waals surface area contributed by atoms with Crippen molar-refractivity contribution in [1.29, 1.82) is 0 Å². The highest BCUT2D eigenvalue weighted by Gasteiger charge is 2.60. The molecule has 158 valence electrons. The maximum absolute atomic E-state index is 13.1. The van der Waals surface area contributed by atoms with Gasteiger partial charge in [-0.1, -0.05) is 30.7 Å². The predicted molar refractivity (Wildman–Crippen MR) is 107 cm³/mol. The largest absolute Gasteiger partial charge is 0.462 e. The van der Waals surface area contributed by atoms with E-state index in [0.717, 1.165) is 38.5 Å². The van der Waals surface area contributed by atoms with Gasteiger partial charge in [0.2, 0.25) is 0 Å². The van der Waals surface area contributed by atoms with Crippen molar-refractivity contribution in [2.45, 2.75) is 78.7 Å². The maximum Gasteiger partial charge on any atom is 0.331 e. The van der Waals surface area contributed by atoms with Crippen LogP contribution in [0.25, 0.3) is 0 Å². The van der Waals surface area contributed by atoms with Crippen LogP contribution < -0.4 is 0 Å². The lowest BCUT2D eigenvalue weighted by Crippen LogP contribution is -2.50. The van der Waals surface area contributed by atoms with E-state index in [-0.39, 0.29) is 29.2 Å². The van der Waals surface area contributed by atoms with Gasteiger partial charge in [0, 0.05) is 32.1 Å². The number of carbonyl (C=O) groups is 3. The van der Waals surface area contributed by atoms with Crippen LogP contribution in [0.3, 0.4) is 0 Å². The molecule has 0 heterocycles. The first-order valence-corrected chi connectivity index (χ1v) is 10.8. The summed E-state index contributed by atoms with van der Waals surface area (Å²) in [7, 11) is 0. The Balaban J connectivity index is 1.59. The van der Waals surface area contributed by atoms with Gasteiger partial charge in [-0.15, -0.1) is 0 Å². The van der Waals surface area contributed by atoms with E-state index >= 15 is 0 Å². The Labute approximate surface area is 172 Å². The molecule has 3 fully saturated rings. The Hall–Kier alpha value is -1.98. The fraction of sp³-hybridized carbons (Fsp3) is 0.739. The van der Waals surface area contributed by atoms with Crippen LogP contribution in [0.5, 0.6) is 0 Å². The van der Waals surface area contributed by atoms with Crippen molar-refractivity contribution in [3.63, 3.8) is 0 Å². The molecule has 4 aliphatic carbocycles. The minimum absolute atomic E-state index is 0.00671. The third-order valence-electron chi connectivity index (χ3n) is 8.26. The van der Waals surface area contributed by atoms with Gasteiger partial charge in [-0.25, -0.2) is 4.79 Å². The highest BCUT2D eigenvalue weighted by molar-refractivity contribution is 6.43. The fourth-order valence-corrected chi connectivity index (χ4v) is 6.77. The number of carbonyl (C=O) groups excluding carboxylic acids is 3. The molecule has 4 aliphatic rings. The van der Waals surface area contributed by atoms with E-state index in [1.807, 2.05) is 0 Å². The normalized spacial score (nSPS) is 42.4. The topological polar surface area (TPSA) is 82.0 Å². The molecule has 29 heavy (non-hydrogen) atoms. The molecule has 3 saturated carbocycles. The molecule has 0 N–H and O–H groups in total. The number of ether oxygens (including phenoxy) is 1. The average molecular weight is 402 g/mol. The molecule has 6 nitrogen and oxygen atoms in total. The Kier molecular flexibility index (Phi) is 4.94. The zero-order valence-corrected chi connectivity index (χ0v) is 17.8. The quantitative estimate of drug-likeness (QED) is 0.303. The SMILES string of the molecule is CC(=O)ON=C1C[C@H]2[C@@H]3CC=C4CC(OC(C)=O)CC[C@]4(C)[C@H]3CC[C@]2(C)C1=O. The summed E-state index contributed by atoms with van der Waals surface area (Å²) in [5, 5.41) is 3.90. The van der Waals surface area contributed by atoms with E-state index in [0.29, 0.717) is 24.0 Å². The molecule has 0 aromatic heterocycles. The lowest BCUT2D eigenvalue weighted by molar-refractivity contribution is -0.148. The summed E-state index contributed by atoms with van der Waals surface area (Å²) >= 11 is 0. The first kappa shape index (κ1) is 20.3. The molecule has 0 aromatic rings. The van der Waals surface area contributed by atoms with Crippen LogP contribution >= 0.6 is 0 Å². The van der Waals surface area contributed by atoms with Crippen molar-refractivity contribution >= 4 is 23.4 Å². The van der Waals surface area contributed by atoms with Gasteiger partial charge in [0.05, 0.1) is 0 Å². The number of nitrogens with zero attached hydrogens (tertiary/aromatic N) is 1. The number of oxime groups is 1. The van der Waals surface area contributed by atoms with Crippen molar-refractivity contribution in [2.24, 2.45) is 33.7 Å². The van der Waals surface area contributed by atoms with Gasteiger partial charge in [-0.3, -0.25) is 9.59 Å². The second-order valence-corrected chi connectivity index (χ2v) is 9.84. The van der Waals surface area contributed by atoms with E-state index < -0.39 is 11.4 Å². The Morgan fingerprint density at radius 1 is 1.03 bits per heavy atom. The molecular formula is C23H31NO5. The smallest absolute Gasteiger partial charge is 0.331 e. The van der Waals surface area contributed by atoms with Crippen LogP contribution in [0, 0.1) is 28.6 Å². The number of rotatable bonds is 2. The molecule has 0 aromatic carbocycles. The highest BCUT2D eigenvalue weighted by Crippen LogP contribution is 2.63. The third-order valence-corrected chi connectivity index (χ3v) is 8.26. The van der Waals surface area contributed by atoms with Crippen LogP contribution in [-0.4, -0.2) is 29.5 Å². The van der Waals surface area contributed by atoms with Crippen molar-refractivity contribution in [3.8, 4) is 0 Å². The fourth-order valence-electron chi connectivity index (χ4n) is 6.77. The summed E-state index contributed by atoms with van der Waals surface area (Å²) < 4.78 is 5.50. The number of esters is 1. The average Bonchev–Trinajstić information content (AvgIpc) is 2.91. The number of ketones is 1. The van der Waals surface area contributed by atoms with E-state index in [1.54, 1.807) is 0 Å². The first-order valence-electron chi connectivity index (χ1n) is 10.8. The Bertz CT molecular complexity index is 814. The third kappa shape index (κ3) is 3.24. The molecule has 0 bridgehead atoms. The van der Waals surface area contributed by atoms with Crippen LogP contribution in [0.1, 0.15) is 72.6 Å². The molecule has 0 radical (unpaired) electrons. The van der Waals surface area contributed by atoms with E-state index in [1.165, 1.54) is 19.4 Å². The summed E-state index contributed by atoms with van der Waals surface area (Å²) in [6.45, 7) is 7.22. The molecule has 0 saturated heterocycles. The Morgan fingerprint density at radius 2 is 1.76 bits per heavy atom. The lowest BCUT2D eigenvalue weighted by atomic mass is 9.48. The number of fused-ring (bicyclic) bond motifs is 5.